The molecule has 0 unspecified atom stereocenters. The lowest BCUT2D eigenvalue weighted by Crippen LogP contribution is -2.40. The molecule has 1 heterocycles. The second-order valence-electron chi connectivity index (χ2n) is 7.66. The molecule has 0 aliphatic carbocycles. The Bertz CT molecular complexity index is 979. The molecule has 162 valence electrons. The molecule has 0 saturated carbocycles. The topological polar surface area (TPSA) is 60.9 Å². The third-order valence-corrected chi connectivity index (χ3v) is 7.37. The van der Waals surface area contributed by atoms with Crippen LogP contribution in [0.2, 0.25) is 0 Å². The van der Waals surface area contributed by atoms with Gasteiger partial charge in [0.1, 0.15) is 5.82 Å². The number of amides is 1. The Morgan fingerprint density at radius 2 is 1.73 bits per heavy atom. The van der Waals surface area contributed by atoms with Crippen LogP contribution in [0.1, 0.15) is 17.5 Å². The summed E-state index contributed by atoms with van der Waals surface area (Å²) in [5.74, 6) is -0.461. The molecule has 6 nitrogen and oxygen atoms in total. The number of carbonyl (C=O) groups is 1. The van der Waals surface area contributed by atoms with Crippen LogP contribution in [0.15, 0.2) is 53.4 Å². The number of sulfonamides is 1. The molecule has 0 spiro atoms. The summed E-state index contributed by atoms with van der Waals surface area (Å²) < 4.78 is 40.2. The molecular weight excluding hydrogens is 405 g/mol. The molecular formula is C22H28FN3O3S. The van der Waals surface area contributed by atoms with Gasteiger partial charge in [0.25, 0.3) is 0 Å². The van der Waals surface area contributed by atoms with E-state index in [2.05, 4.69) is 0 Å². The highest BCUT2D eigenvalue weighted by molar-refractivity contribution is 7.89. The Kier molecular flexibility index (Phi) is 7.23. The highest BCUT2D eigenvalue weighted by Gasteiger charge is 2.27. The number of carbonyl (C=O) groups excluding carboxylic acids is 1. The van der Waals surface area contributed by atoms with Crippen LogP contribution in [0.5, 0.6) is 0 Å². The van der Waals surface area contributed by atoms with Crippen LogP contribution in [0.3, 0.4) is 0 Å². The summed E-state index contributed by atoms with van der Waals surface area (Å²) >= 11 is 0. The summed E-state index contributed by atoms with van der Waals surface area (Å²) in [6.07, 6.45) is 0.634. The molecule has 2 aromatic carbocycles. The zero-order valence-electron chi connectivity index (χ0n) is 17.4. The van der Waals surface area contributed by atoms with E-state index in [9.17, 15) is 17.6 Å². The van der Waals surface area contributed by atoms with E-state index in [4.69, 9.17) is 0 Å². The van der Waals surface area contributed by atoms with E-state index in [0.717, 1.165) is 23.3 Å². The third-order valence-electron chi connectivity index (χ3n) is 5.45. The lowest BCUT2D eigenvalue weighted by molar-refractivity contribution is -0.131. The number of benzene rings is 2. The van der Waals surface area contributed by atoms with Gasteiger partial charge in [-0.2, -0.15) is 4.31 Å². The first-order chi connectivity index (χ1) is 14.3. The lowest BCUT2D eigenvalue weighted by Gasteiger charge is -2.24. The maximum Gasteiger partial charge on any atom is 0.243 e. The Morgan fingerprint density at radius 1 is 1.03 bits per heavy atom. The largest absolute Gasteiger partial charge is 0.340 e. The van der Waals surface area contributed by atoms with E-state index in [1.54, 1.807) is 11.9 Å². The van der Waals surface area contributed by atoms with E-state index >= 15 is 0 Å². The van der Waals surface area contributed by atoms with Gasteiger partial charge >= 0.3 is 0 Å². The molecule has 0 atom stereocenters. The van der Waals surface area contributed by atoms with Gasteiger partial charge in [-0.25, -0.2) is 12.8 Å². The fourth-order valence-corrected chi connectivity index (χ4v) is 5.01. The summed E-state index contributed by atoms with van der Waals surface area (Å²) in [5.41, 5.74) is 2.26. The van der Waals surface area contributed by atoms with Gasteiger partial charge in [0.2, 0.25) is 15.9 Å². The minimum Gasteiger partial charge on any atom is -0.340 e. The van der Waals surface area contributed by atoms with Gasteiger partial charge in [-0.3, -0.25) is 9.69 Å². The van der Waals surface area contributed by atoms with Gasteiger partial charge in [-0.15, -0.1) is 0 Å². The first-order valence-electron chi connectivity index (χ1n) is 10.0. The molecule has 2 aromatic rings. The number of aryl methyl sites for hydroxylation is 1. The standard InChI is InChI=1S/C22H28FN3O3S/c1-18-6-3-4-7-19(18)16-24(2)22(27)17-25-12-5-13-26(15-14-25)30(28,29)21-10-8-20(23)9-11-21/h3-4,6-11H,5,12-17H2,1-2H3. The maximum absolute atomic E-state index is 13.1. The molecule has 30 heavy (non-hydrogen) atoms. The number of hydrogen-bond acceptors (Lipinski definition) is 4. The van der Waals surface area contributed by atoms with Crippen molar-refractivity contribution in [1.82, 2.24) is 14.1 Å². The van der Waals surface area contributed by atoms with E-state index in [0.29, 0.717) is 39.1 Å². The summed E-state index contributed by atoms with van der Waals surface area (Å²) in [6.45, 7) is 4.64. The number of likely N-dealkylation sites (N-methyl/N-ethyl adjacent to an activating group) is 1. The van der Waals surface area contributed by atoms with Gasteiger partial charge in [0, 0.05) is 33.2 Å². The molecule has 1 aliphatic heterocycles. The maximum atomic E-state index is 13.1. The molecule has 3 rings (SSSR count). The smallest absolute Gasteiger partial charge is 0.243 e. The van der Waals surface area contributed by atoms with E-state index in [1.165, 1.54) is 16.4 Å². The van der Waals surface area contributed by atoms with E-state index < -0.39 is 15.8 Å². The van der Waals surface area contributed by atoms with Crippen molar-refractivity contribution >= 4 is 15.9 Å². The molecule has 0 radical (unpaired) electrons. The average Bonchev–Trinajstić information content (AvgIpc) is 2.96. The predicted molar refractivity (Wildman–Crippen MR) is 114 cm³/mol. The fourth-order valence-electron chi connectivity index (χ4n) is 3.54. The third kappa shape index (κ3) is 5.44. The van der Waals surface area contributed by atoms with Crippen molar-refractivity contribution in [1.29, 1.82) is 0 Å². The normalized spacial score (nSPS) is 16.2. The molecule has 0 aromatic heterocycles. The summed E-state index contributed by atoms with van der Waals surface area (Å²) in [4.78, 5) is 16.5. The number of rotatable bonds is 6. The number of nitrogens with zero attached hydrogens (tertiary/aromatic N) is 3. The zero-order valence-corrected chi connectivity index (χ0v) is 18.2. The molecule has 0 bridgehead atoms. The average molecular weight is 434 g/mol. The van der Waals surface area contributed by atoms with Crippen molar-refractivity contribution in [2.45, 2.75) is 24.8 Å². The Hall–Kier alpha value is -2.29. The lowest BCUT2D eigenvalue weighted by atomic mass is 10.1. The number of halogens is 1. The quantitative estimate of drug-likeness (QED) is 0.702. The Balaban J connectivity index is 1.57. The molecule has 0 N–H and O–H groups in total. The van der Waals surface area contributed by atoms with Crippen molar-refractivity contribution < 1.29 is 17.6 Å². The van der Waals surface area contributed by atoms with Crippen molar-refractivity contribution in [3.05, 3.63) is 65.5 Å². The highest BCUT2D eigenvalue weighted by Crippen LogP contribution is 2.18. The van der Waals surface area contributed by atoms with Crippen LogP contribution < -0.4 is 0 Å². The number of hydrogen-bond donors (Lipinski definition) is 0. The minimum absolute atomic E-state index is 0.00750. The molecule has 8 heteroatoms. The van der Waals surface area contributed by atoms with Crippen LogP contribution in [0.25, 0.3) is 0 Å². The highest BCUT2D eigenvalue weighted by atomic mass is 32.2. The van der Waals surface area contributed by atoms with Crippen molar-refractivity contribution in [2.24, 2.45) is 0 Å². The first kappa shape index (κ1) is 22.4. The molecule has 1 fully saturated rings. The second-order valence-corrected chi connectivity index (χ2v) is 9.60. The van der Waals surface area contributed by atoms with Gasteiger partial charge in [0.05, 0.1) is 11.4 Å². The summed E-state index contributed by atoms with van der Waals surface area (Å²) in [7, 11) is -1.88. The van der Waals surface area contributed by atoms with Crippen LogP contribution >= 0.6 is 0 Å². The van der Waals surface area contributed by atoms with E-state index in [1.807, 2.05) is 36.1 Å². The summed E-state index contributed by atoms with van der Waals surface area (Å²) in [6, 6.07) is 12.9. The second kappa shape index (κ2) is 9.68. The summed E-state index contributed by atoms with van der Waals surface area (Å²) in [5, 5.41) is 0. The van der Waals surface area contributed by atoms with E-state index in [-0.39, 0.29) is 17.3 Å². The SMILES string of the molecule is Cc1ccccc1CN(C)C(=O)CN1CCCN(S(=O)(=O)c2ccc(F)cc2)CC1. The van der Waals surface area contributed by atoms with Crippen molar-refractivity contribution in [3.63, 3.8) is 0 Å². The molecule has 1 amide bonds. The Labute approximate surface area is 177 Å². The Morgan fingerprint density at radius 3 is 2.43 bits per heavy atom. The van der Waals surface area contributed by atoms with Crippen LogP contribution in [-0.4, -0.2) is 68.2 Å². The monoisotopic (exact) mass is 433 g/mol. The first-order valence-corrected chi connectivity index (χ1v) is 11.5. The molecule has 1 aliphatic rings. The van der Waals surface area contributed by atoms with Crippen LogP contribution in [-0.2, 0) is 21.4 Å². The van der Waals surface area contributed by atoms with Gasteiger partial charge < -0.3 is 4.90 Å². The van der Waals surface area contributed by atoms with Crippen LogP contribution in [0, 0.1) is 12.7 Å². The van der Waals surface area contributed by atoms with Gasteiger partial charge in [0.15, 0.2) is 0 Å². The van der Waals surface area contributed by atoms with Gasteiger partial charge in [-0.05, 0) is 55.3 Å². The molecule has 1 saturated heterocycles. The predicted octanol–water partition coefficient (Wildman–Crippen LogP) is 2.49. The van der Waals surface area contributed by atoms with Crippen molar-refractivity contribution in [2.75, 3.05) is 39.8 Å². The zero-order chi connectivity index (χ0) is 21.7. The fraction of sp³-hybridized carbons (Fsp3) is 0.409. The van der Waals surface area contributed by atoms with Gasteiger partial charge in [-0.1, -0.05) is 24.3 Å². The minimum atomic E-state index is -3.67. The van der Waals surface area contributed by atoms with Crippen LogP contribution in [0.4, 0.5) is 4.39 Å². The van der Waals surface area contributed by atoms with Crippen molar-refractivity contribution in [3.8, 4) is 0 Å².